The molecular formula is C6H11N3. The number of rotatable bonds is 2. The van der Waals surface area contributed by atoms with Crippen LogP contribution in [0.25, 0.3) is 0 Å². The summed E-state index contributed by atoms with van der Waals surface area (Å²) in [5.41, 5.74) is 6.60. The van der Waals surface area contributed by atoms with E-state index >= 15 is 0 Å². The molecule has 0 aliphatic heterocycles. The average Bonchev–Trinajstić information content (AvgIpc) is 2.37. The van der Waals surface area contributed by atoms with Crippen LogP contribution in [-0.2, 0) is 0 Å². The molecule has 3 heteroatoms. The lowest BCUT2D eigenvalue weighted by molar-refractivity contribution is 0.775. The molecule has 0 spiro atoms. The van der Waals surface area contributed by atoms with Gasteiger partial charge in [-0.05, 0) is 18.0 Å². The molecule has 1 unspecified atom stereocenters. The van der Waals surface area contributed by atoms with Crippen molar-refractivity contribution in [2.24, 2.45) is 5.73 Å². The van der Waals surface area contributed by atoms with Gasteiger partial charge in [0.05, 0.1) is 6.20 Å². The summed E-state index contributed by atoms with van der Waals surface area (Å²) in [6.07, 6.45) is 3.68. The van der Waals surface area contributed by atoms with E-state index in [4.69, 9.17) is 5.73 Å². The van der Waals surface area contributed by atoms with E-state index in [-0.39, 0.29) is 0 Å². The molecule has 3 N–H and O–H groups in total. The van der Waals surface area contributed by atoms with Crippen LogP contribution >= 0.6 is 0 Å². The van der Waals surface area contributed by atoms with E-state index in [0.29, 0.717) is 12.5 Å². The third kappa shape index (κ3) is 1.29. The number of nitrogens with zero attached hydrogens (tertiary/aromatic N) is 1. The quantitative estimate of drug-likeness (QED) is 0.603. The molecule has 0 aliphatic rings. The van der Waals surface area contributed by atoms with E-state index in [0.717, 1.165) is 0 Å². The zero-order valence-electron chi connectivity index (χ0n) is 5.46. The highest BCUT2D eigenvalue weighted by Gasteiger charge is 2.01. The first-order valence-electron chi connectivity index (χ1n) is 3.03. The van der Waals surface area contributed by atoms with E-state index in [1.54, 1.807) is 6.20 Å². The fraction of sp³-hybridized carbons (Fsp3) is 0.500. The third-order valence-corrected chi connectivity index (χ3v) is 1.44. The maximum Gasteiger partial charge on any atom is 0.0522 e. The van der Waals surface area contributed by atoms with Crippen molar-refractivity contribution < 1.29 is 0 Å². The fourth-order valence-corrected chi connectivity index (χ4v) is 0.666. The van der Waals surface area contributed by atoms with E-state index in [2.05, 4.69) is 17.1 Å². The van der Waals surface area contributed by atoms with Gasteiger partial charge in [-0.25, -0.2) is 0 Å². The Bertz CT molecular complexity index is 157. The zero-order chi connectivity index (χ0) is 6.69. The minimum atomic E-state index is 0.420. The van der Waals surface area contributed by atoms with Gasteiger partial charge in [0, 0.05) is 6.20 Å². The van der Waals surface area contributed by atoms with Crippen LogP contribution in [0.3, 0.4) is 0 Å². The van der Waals surface area contributed by atoms with Crippen LogP contribution in [-0.4, -0.2) is 16.7 Å². The monoisotopic (exact) mass is 125 g/mol. The van der Waals surface area contributed by atoms with Crippen molar-refractivity contribution >= 4 is 0 Å². The van der Waals surface area contributed by atoms with Crippen molar-refractivity contribution in [3.8, 4) is 0 Å². The molecule has 50 valence electrons. The molecule has 1 aromatic rings. The maximum atomic E-state index is 5.42. The Hall–Kier alpha value is -0.830. The van der Waals surface area contributed by atoms with Crippen LogP contribution in [0.15, 0.2) is 12.4 Å². The molecule has 0 saturated carbocycles. The Morgan fingerprint density at radius 3 is 3.11 bits per heavy atom. The molecule has 1 rings (SSSR count). The third-order valence-electron chi connectivity index (χ3n) is 1.44. The van der Waals surface area contributed by atoms with Crippen LogP contribution < -0.4 is 5.73 Å². The van der Waals surface area contributed by atoms with E-state index in [1.807, 2.05) is 6.20 Å². The lowest BCUT2D eigenvalue weighted by Crippen LogP contribution is -2.07. The highest BCUT2D eigenvalue weighted by molar-refractivity contribution is 5.08. The second-order valence-corrected chi connectivity index (χ2v) is 2.17. The standard InChI is InChI=1S/C6H11N3/c1-5(2-7)6-3-8-9-4-6/h3-5H,2,7H2,1H3,(H,8,9). The Labute approximate surface area is 54.3 Å². The van der Waals surface area contributed by atoms with Gasteiger partial charge in [-0.3, -0.25) is 5.10 Å². The summed E-state index contributed by atoms with van der Waals surface area (Å²) in [4.78, 5) is 0. The van der Waals surface area contributed by atoms with Crippen molar-refractivity contribution in [1.82, 2.24) is 10.2 Å². The summed E-state index contributed by atoms with van der Waals surface area (Å²) >= 11 is 0. The first-order valence-corrected chi connectivity index (χ1v) is 3.03. The van der Waals surface area contributed by atoms with Gasteiger partial charge in [0.25, 0.3) is 0 Å². The molecule has 1 heterocycles. The van der Waals surface area contributed by atoms with Crippen LogP contribution in [0, 0.1) is 0 Å². The topological polar surface area (TPSA) is 54.7 Å². The van der Waals surface area contributed by atoms with Crippen LogP contribution in [0.1, 0.15) is 18.4 Å². The Morgan fingerprint density at radius 1 is 1.89 bits per heavy atom. The number of hydrogen-bond acceptors (Lipinski definition) is 2. The zero-order valence-corrected chi connectivity index (χ0v) is 5.46. The number of aromatic amines is 1. The molecule has 0 fully saturated rings. The average molecular weight is 125 g/mol. The molecule has 1 atom stereocenters. The first kappa shape index (κ1) is 6.29. The van der Waals surface area contributed by atoms with Gasteiger partial charge < -0.3 is 5.73 Å². The first-order chi connectivity index (χ1) is 4.34. The predicted molar refractivity (Wildman–Crippen MR) is 36.1 cm³/mol. The number of aromatic nitrogens is 2. The SMILES string of the molecule is CC(CN)c1cn[nH]c1. The largest absolute Gasteiger partial charge is 0.330 e. The van der Waals surface area contributed by atoms with Crippen molar-refractivity contribution in [2.75, 3.05) is 6.54 Å². The van der Waals surface area contributed by atoms with Gasteiger partial charge >= 0.3 is 0 Å². The summed E-state index contributed by atoms with van der Waals surface area (Å²) < 4.78 is 0. The van der Waals surface area contributed by atoms with Gasteiger partial charge in [0.2, 0.25) is 0 Å². The van der Waals surface area contributed by atoms with Crippen molar-refractivity contribution in [2.45, 2.75) is 12.8 Å². The normalized spacial score (nSPS) is 13.6. The Kier molecular flexibility index (Phi) is 1.85. The second-order valence-electron chi connectivity index (χ2n) is 2.17. The van der Waals surface area contributed by atoms with Gasteiger partial charge in [0.1, 0.15) is 0 Å². The van der Waals surface area contributed by atoms with Crippen LogP contribution in [0.4, 0.5) is 0 Å². The number of nitrogens with two attached hydrogens (primary N) is 1. The van der Waals surface area contributed by atoms with E-state index in [1.165, 1.54) is 5.56 Å². The van der Waals surface area contributed by atoms with Gasteiger partial charge in [0.15, 0.2) is 0 Å². The van der Waals surface area contributed by atoms with Gasteiger partial charge in [-0.15, -0.1) is 0 Å². The summed E-state index contributed by atoms with van der Waals surface area (Å²) in [6, 6.07) is 0. The second kappa shape index (κ2) is 2.64. The van der Waals surface area contributed by atoms with E-state index < -0.39 is 0 Å². The number of H-pyrrole nitrogens is 1. The molecule has 0 radical (unpaired) electrons. The van der Waals surface area contributed by atoms with Crippen molar-refractivity contribution in [1.29, 1.82) is 0 Å². The maximum absolute atomic E-state index is 5.42. The molecule has 0 aromatic carbocycles. The molecule has 0 aliphatic carbocycles. The molecule has 1 aromatic heterocycles. The van der Waals surface area contributed by atoms with Crippen LogP contribution in [0.5, 0.6) is 0 Å². The molecule has 0 bridgehead atoms. The highest BCUT2D eigenvalue weighted by atomic mass is 15.1. The van der Waals surface area contributed by atoms with Gasteiger partial charge in [-0.1, -0.05) is 6.92 Å². The summed E-state index contributed by atoms with van der Waals surface area (Å²) in [5.74, 6) is 0.420. The molecule has 9 heavy (non-hydrogen) atoms. The minimum Gasteiger partial charge on any atom is -0.330 e. The summed E-state index contributed by atoms with van der Waals surface area (Å²) in [6.45, 7) is 2.75. The Balaban J connectivity index is 2.65. The molecule has 0 saturated heterocycles. The smallest absolute Gasteiger partial charge is 0.0522 e. The molecule has 0 amide bonds. The minimum absolute atomic E-state index is 0.420. The number of hydrogen-bond donors (Lipinski definition) is 2. The van der Waals surface area contributed by atoms with Crippen molar-refractivity contribution in [3.05, 3.63) is 18.0 Å². The Morgan fingerprint density at radius 2 is 2.67 bits per heavy atom. The van der Waals surface area contributed by atoms with Crippen molar-refractivity contribution in [3.63, 3.8) is 0 Å². The lowest BCUT2D eigenvalue weighted by atomic mass is 10.1. The molecular weight excluding hydrogens is 114 g/mol. The predicted octanol–water partition coefficient (Wildman–Crippen LogP) is 0.472. The van der Waals surface area contributed by atoms with Gasteiger partial charge in [-0.2, -0.15) is 5.10 Å². The summed E-state index contributed by atoms with van der Waals surface area (Å²) in [7, 11) is 0. The summed E-state index contributed by atoms with van der Waals surface area (Å²) in [5, 5.41) is 6.55. The van der Waals surface area contributed by atoms with E-state index in [9.17, 15) is 0 Å². The lowest BCUT2D eigenvalue weighted by Gasteiger charge is -2.01. The highest BCUT2D eigenvalue weighted by Crippen LogP contribution is 2.09. The fourth-order valence-electron chi connectivity index (χ4n) is 0.666. The molecule has 3 nitrogen and oxygen atoms in total. The van der Waals surface area contributed by atoms with Crippen LogP contribution in [0.2, 0.25) is 0 Å². The number of nitrogens with one attached hydrogen (secondary N) is 1.